The summed E-state index contributed by atoms with van der Waals surface area (Å²) < 4.78 is 0. The smallest absolute Gasteiger partial charge is 0.000912 e. The van der Waals surface area contributed by atoms with Crippen LogP contribution in [0.15, 0.2) is 18.2 Å². The molecule has 0 saturated heterocycles. The van der Waals surface area contributed by atoms with Crippen LogP contribution in [-0.4, -0.2) is 0 Å². The Morgan fingerprint density at radius 1 is 1.23 bits per heavy atom. The first-order chi connectivity index (χ1) is 6.15. The zero-order chi connectivity index (χ0) is 9.84. The van der Waals surface area contributed by atoms with E-state index in [1.54, 1.807) is 0 Å². The summed E-state index contributed by atoms with van der Waals surface area (Å²) in [4.78, 5) is 0. The molecule has 0 aromatic heterocycles. The van der Waals surface area contributed by atoms with Gasteiger partial charge >= 0.3 is 0 Å². The van der Waals surface area contributed by atoms with Gasteiger partial charge in [-0.15, -0.1) is 0 Å². The molecule has 0 heteroatoms. The summed E-state index contributed by atoms with van der Waals surface area (Å²) in [5.74, 6) is 1.42. The number of benzene rings is 1. The van der Waals surface area contributed by atoms with Crippen molar-refractivity contribution in [1.82, 2.24) is 0 Å². The average molecular weight is 175 g/mol. The Labute approximate surface area is 82.0 Å². The van der Waals surface area contributed by atoms with Crippen molar-refractivity contribution in [3.05, 3.63) is 40.8 Å². The predicted molar refractivity (Wildman–Crippen MR) is 58.9 cm³/mol. The Morgan fingerprint density at radius 2 is 1.92 bits per heavy atom. The summed E-state index contributed by atoms with van der Waals surface area (Å²) in [7, 11) is 0. The lowest BCUT2D eigenvalue weighted by atomic mass is 9.93. The second kappa shape index (κ2) is 4.45. The first kappa shape index (κ1) is 10.3. The molecule has 71 valence electrons. The molecule has 0 bridgehead atoms. The quantitative estimate of drug-likeness (QED) is 0.653. The van der Waals surface area contributed by atoms with Crippen molar-refractivity contribution in [1.29, 1.82) is 0 Å². The van der Waals surface area contributed by atoms with Crippen molar-refractivity contribution in [2.24, 2.45) is 0 Å². The highest BCUT2D eigenvalue weighted by molar-refractivity contribution is 5.39. The molecule has 0 amide bonds. The Kier molecular flexibility index (Phi) is 3.53. The van der Waals surface area contributed by atoms with Gasteiger partial charge in [-0.3, -0.25) is 0 Å². The molecular weight excluding hydrogens is 156 g/mol. The van der Waals surface area contributed by atoms with E-state index in [4.69, 9.17) is 0 Å². The largest absolute Gasteiger partial charge is 0.0651 e. The lowest BCUT2D eigenvalue weighted by molar-refractivity contribution is 0.903. The fourth-order valence-corrected chi connectivity index (χ4v) is 1.64. The number of rotatable bonds is 3. The van der Waals surface area contributed by atoms with Crippen LogP contribution in [0.5, 0.6) is 0 Å². The first-order valence-corrected chi connectivity index (χ1v) is 5.05. The van der Waals surface area contributed by atoms with Gasteiger partial charge in [-0.1, -0.05) is 51.0 Å². The van der Waals surface area contributed by atoms with Crippen LogP contribution in [0.2, 0.25) is 0 Å². The van der Waals surface area contributed by atoms with Crippen LogP contribution < -0.4 is 0 Å². The van der Waals surface area contributed by atoms with Gasteiger partial charge in [-0.05, 0) is 30.4 Å². The van der Waals surface area contributed by atoms with Gasteiger partial charge in [0, 0.05) is 0 Å². The molecular formula is C13H19. The van der Waals surface area contributed by atoms with Gasteiger partial charge in [0.25, 0.3) is 0 Å². The van der Waals surface area contributed by atoms with Gasteiger partial charge in [0.2, 0.25) is 0 Å². The fraction of sp³-hybridized carbons (Fsp3) is 0.462. The van der Waals surface area contributed by atoms with Crippen molar-refractivity contribution >= 4 is 0 Å². The van der Waals surface area contributed by atoms with E-state index in [0.29, 0.717) is 0 Å². The molecule has 0 nitrogen and oxygen atoms in total. The highest BCUT2D eigenvalue weighted by atomic mass is 14.1. The van der Waals surface area contributed by atoms with E-state index >= 15 is 0 Å². The monoisotopic (exact) mass is 175 g/mol. The molecule has 0 N–H and O–H groups in total. The van der Waals surface area contributed by atoms with Gasteiger partial charge in [0.05, 0.1) is 0 Å². The molecule has 1 rings (SSSR count). The number of aryl methyl sites for hydroxylation is 2. The molecule has 1 radical (unpaired) electrons. The Balaban J connectivity index is 3.03. The SMILES string of the molecule is CCCc1ccc(C)cc1[C](C)C. The maximum atomic E-state index is 2.29. The standard InChI is InChI=1S/C13H19/c1-5-6-12-8-7-11(4)9-13(12)10(2)3/h7-9H,5-6H2,1-4H3. The van der Waals surface area contributed by atoms with Crippen LogP contribution in [0.25, 0.3) is 0 Å². The lowest BCUT2D eigenvalue weighted by Gasteiger charge is -2.12. The van der Waals surface area contributed by atoms with E-state index < -0.39 is 0 Å². The average Bonchev–Trinajstić information content (AvgIpc) is 2.08. The second-order valence-electron chi connectivity index (χ2n) is 3.91. The van der Waals surface area contributed by atoms with Crippen molar-refractivity contribution in [2.75, 3.05) is 0 Å². The van der Waals surface area contributed by atoms with Gasteiger partial charge in [0.15, 0.2) is 0 Å². The molecule has 0 aliphatic rings. The summed E-state index contributed by atoms with van der Waals surface area (Å²) >= 11 is 0. The van der Waals surface area contributed by atoms with E-state index in [1.807, 2.05) is 0 Å². The molecule has 0 fully saturated rings. The predicted octanol–water partition coefficient (Wildman–Crippen LogP) is 3.91. The minimum atomic E-state index is 1.20. The molecule has 0 saturated carbocycles. The summed E-state index contributed by atoms with van der Waals surface area (Å²) in [6.07, 6.45) is 2.42. The highest BCUT2D eigenvalue weighted by Gasteiger charge is 2.05. The van der Waals surface area contributed by atoms with Crippen LogP contribution >= 0.6 is 0 Å². The van der Waals surface area contributed by atoms with Crippen LogP contribution in [0, 0.1) is 12.8 Å². The topological polar surface area (TPSA) is 0 Å². The summed E-state index contributed by atoms with van der Waals surface area (Å²) in [5, 5.41) is 0. The van der Waals surface area contributed by atoms with Crippen LogP contribution in [0.1, 0.15) is 43.9 Å². The zero-order valence-corrected chi connectivity index (χ0v) is 9.15. The molecule has 0 atom stereocenters. The van der Waals surface area contributed by atoms with Crippen LogP contribution in [-0.2, 0) is 6.42 Å². The van der Waals surface area contributed by atoms with E-state index in [0.717, 1.165) is 0 Å². The van der Waals surface area contributed by atoms with E-state index in [2.05, 4.69) is 45.9 Å². The lowest BCUT2D eigenvalue weighted by Crippen LogP contribution is -1.97. The normalized spacial score (nSPS) is 10.8. The first-order valence-electron chi connectivity index (χ1n) is 5.05. The van der Waals surface area contributed by atoms with Gasteiger partial charge < -0.3 is 0 Å². The maximum absolute atomic E-state index is 2.29. The summed E-state index contributed by atoms with van der Waals surface area (Å²) in [5.41, 5.74) is 4.30. The molecule has 13 heavy (non-hydrogen) atoms. The van der Waals surface area contributed by atoms with E-state index in [9.17, 15) is 0 Å². The third-order valence-corrected chi connectivity index (χ3v) is 2.32. The van der Waals surface area contributed by atoms with Crippen molar-refractivity contribution in [3.8, 4) is 0 Å². The van der Waals surface area contributed by atoms with Gasteiger partial charge in [-0.25, -0.2) is 0 Å². The molecule has 0 unspecified atom stereocenters. The van der Waals surface area contributed by atoms with Gasteiger partial charge in [0.1, 0.15) is 0 Å². The fourth-order valence-electron chi connectivity index (χ4n) is 1.64. The minimum Gasteiger partial charge on any atom is -0.0651 e. The summed E-state index contributed by atoms with van der Waals surface area (Å²) in [6.45, 7) is 8.76. The molecule has 0 aliphatic heterocycles. The molecule has 0 heterocycles. The minimum absolute atomic E-state index is 1.20. The molecule has 1 aromatic rings. The highest BCUT2D eigenvalue weighted by Crippen LogP contribution is 2.21. The van der Waals surface area contributed by atoms with E-state index in [1.165, 1.54) is 35.4 Å². The van der Waals surface area contributed by atoms with Crippen LogP contribution in [0.3, 0.4) is 0 Å². The summed E-state index contributed by atoms with van der Waals surface area (Å²) in [6, 6.07) is 6.76. The molecule has 0 aliphatic carbocycles. The Hall–Kier alpha value is -0.780. The Morgan fingerprint density at radius 3 is 2.46 bits per heavy atom. The molecule has 1 aromatic carbocycles. The van der Waals surface area contributed by atoms with Crippen molar-refractivity contribution in [2.45, 2.75) is 40.5 Å². The van der Waals surface area contributed by atoms with E-state index in [-0.39, 0.29) is 0 Å². The third-order valence-electron chi connectivity index (χ3n) is 2.32. The maximum Gasteiger partial charge on any atom is -0.000912 e. The zero-order valence-electron chi connectivity index (χ0n) is 9.15. The number of hydrogen-bond acceptors (Lipinski definition) is 0. The third kappa shape index (κ3) is 2.58. The van der Waals surface area contributed by atoms with Crippen molar-refractivity contribution in [3.63, 3.8) is 0 Å². The van der Waals surface area contributed by atoms with Crippen LogP contribution in [0.4, 0.5) is 0 Å². The number of hydrogen-bond donors (Lipinski definition) is 0. The van der Waals surface area contributed by atoms with Gasteiger partial charge in [-0.2, -0.15) is 0 Å². The second-order valence-corrected chi connectivity index (χ2v) is 3.91. The molecule has 0 spiro atoms. The Bertz CT molecular complexity index is 271. The van der Waals surface area contributed by atoms with Crippen molar-refractivity contribution < 1.29 is 0 Å².